The fourth-order valence-electron chi connectivity index (χ4n) is 5.84. The Kier molecular flexibility index (Phi) is 9.48. The molecule has 0 saturated carbocycles. The normalized spacial score (nSPS) is 15.0. The van der Waals surface area contributed by atoms with Crippen LogP contribution in [0.3, 0.4) is 0 Å². The van der Waals surface area contributed by atoms with Gasteiger partial charge in [-0.15, -0.1) is 9.36 Å². The molecule has 2 aliphatic rings. The van der Waals surface area contributed by atoms with E-state index in [4.69, 9.17) is 10.3 Å². The molecule has 11 heteroatoms. The molecule has 5 rings (SSSR count). The number of amides is 2. The minimum atomic E-state index is -0.266. The number of nitrogens with zero attached hydrogens (tertiary/aromatic N) is 8. The summed E-state index contributed by atoms with van der Waals surface area (Å²) in [5.74, 6) is -0.532. The number of aryl methyl sites for hydroxylation is 2. The van der Waals surface area contributed by atoms with Crippen molar-refractivity contribution in [1.29, 1.82) is 0 Å². The van der Waals surface area contributed by atoms with Crippen molar-refractivity contribution in [1.82, 2.24) is 14.8 Å². The Hall–Kier alpha value is -3.95. The van der Waals surface area contributed by atoms with Crippen LogP contribution in [-0.4, -0.2) is 59.5 Å². The molecule has 0 atom stereocenters. The number of hydrogen-bond donors (Lipinski definition) is 0. The third-order valence-electron chi connectivity index (χ3n) is 8.06. The predicted octanol–water partition coefficient (Wildman–Crippen LogP) is 4.92. The van der Waals surface area contributed by atoms with Crippen molar-refractivity contribution in [3.05, 3.63) is 63.8 Å². The van der Waals surface area contributed by atoms with Gasteiger partial charge in [0.2, 0.25) is 0 Å². The Morgan fingerprint density at radius 2 is 1.63 bits per heavy atom. The molecule has 3 aromatic rings. The first-order valence-corrected chi connectivity index (χ1v) is 14.8. The van der Waals surface area contributed by atoms with E-state index in [-0.39, 0.29) is 18.4 Å². The van der Waals surface area contributed by atoms with Crippen LogP contribution in [0.5, 0.6) is 0 Å². The zero-order valence-corrected chi connectivity index (χ0v) is 23.9. The summed E-state index contributed by atoms with van der Waals surface area (Å²) in [5.41, 5.74) is 11.3. The number of ether oxygens (including phenoxy) is 1. The van der Waals surface area contributed by atoms with Gasteiger partial charge in [0.05, 0.1) is 25.0 Å². The third kappa shape index (κ3) is 6.52. The quantitative estimate of drug-likeness (QED) is 0.0693. The van der Waals surface area contributed by atoms with E-state index < -0.39 is 0 Å². The van der Waals surface area contributed by atoms with Crippen LogP contribution in [0.25, 0.3) is 21.2 Å². The highest BCUT2D eigenvalue weighted by atomic mass is 16.5. The Balaban J connectivity index is 1.18. The molecule has 0 N–H and O–H groups in total. The maximum atomic E-state index is 13.6. The number of benzene rings is 2. The van der Waals surface area contributed by atoms with Crippen molar-refractivity contribution in [2.45, 2.75) is 64.5 Å². The molecule has 2 aromatic carbocycles. The summed E-state index contributed by atoms with van der Waals surface area (Å²) in [6, 6.07) is 9.60. The van der Waals surface area contributed by atoms with E-state index in [2.05, 4.69) is 20.1 Å². The molecule has 1 saturated heterocycles. The standard InChI is InChI=1S/C30H39N8O3/c1-35-23(21-37(34-35)16-9-7-5-3-2-4-6-8-15-32-33-31)22-38-29(39)25-12-10-11-24-27(36-17-19-41-20-18-36)14-13-26(28(24)25)30(38)40/h10-14,21H,2-9,15-20,22H2,1H3/q+1. The summed E-state index contributed by atoms with van der Waals surface area (Å²) in [6.45, 7) is 4.48. The van der Waals surface area contributed by atoms with E-state index in [9.17, 15) is 9.59 Å². The predicted molar refractivity (Wildman–Crippen MR) is 156 cm³/mol. The lowest BCUT2D eigenvalue weighted by Gasteiger charge is -2.32. The zero-order chi connectivity index (χ0) is 28.6. The molecular formula is C30H39N8O3+. The first-order chi connectivity index (χ1) is 20.1. The Labute approximate surface area is 240 Å². The zero-order valence-electron chi connectivity index (χ0n) is 23.9. The maximum absolute atomic E-state index is 13.6. The molecule has 2 amide bonds. The summed E-state index contributed by atoms with van der Waals surface area (Å²) in [6.07, 6.45) is 11.0. The molecule has 0 aliphatic carbocycles. The minimum absolute atomic E-state index is 0.175. The van der Waals surface area contributed by atoms with E-state index in [1.807, 2.05) is 48.3 Å². The lowest BCUT2D eigenvalue weighted by molar-refractivity contribution is -0.755. The number of unbranched alkanes of at least 4 members (excludes halogenated alkanes) is 7. The van der Waals surface area contributed by atoms with Crippen molar-refractivity contribution < 1.29 is 19.0 Å². The van der Waals surface area contributed by atoms with Gasteiger partial charge in [-0.1, -0.05) is 49.4 Å². The number of rotatable bonds is 14. The molecule has 0 unspecified atom stereocenters. The first kappa shape index (κ1) is 28.6. The number of aromatic nitrogens is 3. The lowest BCUT2D eigenvalue weighted by Crippen LogP contribution is -2.40. The Morgan fingerprint density at radius 1 is 0.951 bits per heavy atom. The highest BCUT2D eigenvalue weighted by Crippen LogP contribution is 2.36. The van der Waals surface area contributed by atoms with Crippen LogP contribution >= 0.6 is 0 Å². The molecule has 216 valence electrons. The van der Waals surface area contributed by atoms with Gasteiger partial charge in [0.25, 0.3) is 11.8 Å². The molecule has 3 heterocycles. The van der Waals surface area contributed by atoms with E-state index in [1.165, 1.54) is 30.6 Å². The number of azide groups is 1. The van der Waals surface area contributed by atoms with Crippen molar-refractivity contribution >= 4 is 28.3 Å². The summed E-state index contributed by atoms with van der Waals surface area (Å²) in [4.78, 5) is 33.6. The van der Waals surface area contributed by atoms with Crippen LogP contribution in [0, 0.1) is 0 Å². The largest absolute Gasteiger partial charge is 0.378 e. The maximum Gasteiger partial charge on any atom is 0.261 e. The average Bonchev–Trinajstić information content (AvgIpc) is 3.35. The van der Waals surface area contributed by atoms with Crippen LogP contribution in [0.4, 0.5) is 5.69 Å². The molecule has 1 fully saturated rings. The SMILES string of the molecule is Cn1n[n+](CCCCCCCCCCN=[N+]=[N-])cc1CN1C(=O)c2cccc3c(N4CCOCC4)ccc(c23)C1=O. The van der Waals surface area contributed by atoms with Gasteiger partial charge in [-0.3, -0.25) is 14.5 Å². The van der Waals surface area contributed by atoms with Crippen LogP contribution in [0.1, 0.15) is 77.8 Å². The second-order valence-corrected chi connectivity index (χ2v) is 10.8. The van der Waals surface area contributed by atoms with Gasteiger partial charge in [-0.2, -0.15) is 0 Å². The fourth-order valence-corrected chi connectivity index (χ4v) is 5.84. The Bertz CT molecular complexity index is 1420. The van der Waals surface area contributed by atoms with Crippen molar-refractivity contribution in [2.75, 3.05) is 37.7 Å². The van der Waals surface area contributed by atoms with Gasteiger partial charge in [-0.25, -0.2) is 0 Å². The van der Waals surface area contributed by atoms with Crippen molar-refractivity contribution in [3.63, 3.8) is 0 Å². The lowest BCUT2D eigenvalue weighted by atomic mass is 9.92. The topological polar surface area (TPSA) is 120 Å². The fraction of sp³-hybridized carbons (Fsp3) is 0.533. The molecule has 0 bridgehead atoms. The van der Waals surface area contributed by atoms with E-state index in [0.29, 0.717) is 30.9 Å². The number of hydrogen-bond acceptors (Lipinski definition) is 6. The van der Waals surface area contributed by atoms with E-state index in [1.54, 1.807) is 4.68 Å². The number of anilines is 1. The van der Waals surface area contributed by atoms with Crippen molar-refractivity contribution in [2.24, 2.45) is 12.2 Å². The average molecular weight is 560 g/mol. The molecule has 1 aromatic heterocycles. The van der Waals surface area contributed by atoms with E-state index >= 15 is 0 Å². The van der Waals surface area contributed by atoms with Crippen LogP contribution in [0.15, 0.2) is 41.6 Å². The number of carbonyl (C=O) groups is 2. The molecule has 0 radical (unpaired) electrons. The number of imide groups is 1. The van der Waals surface area contributed by atoms with Crippen molar-refractivity contribution in [3.8, 4) is 0 Å². The minimum Gasteiger partial charge on any atom is -0.378 e. The smallest absolute Gasteiger partial charge is 0.261 e. The molecular weight excluding hydrogens is 520 g/mol. The molecule has 2 aliphatic heterocycles. The molecule has 41 heavy (non-hydrogen) atoms. The van der Waals surface area contributed by atoms with Crippen LogP contribution < -0.4 is 9.58 Å². The van der Waals surface area contributed by atoms with Gasteiger partial charge in [0.15, 0.2) is 11.9 Å². The second kappa shape index (κ2) is 13.6. The summed E-state index contributed by atoms with van der Waals surface area (Å²) in [5, 5.41) is 9.84. The summed E-state index contributed by atoms with van der Waals surface area (Å²) >= 11 is 0. The molecule has 11 nitrogen and oxygen atoms in total. The highest BCUT2D eigenvalue weighted by Gasteiger charge is 2.35. The van der Waals surface area contributed by atoms with Gasteiger partial charge in [0, 0.05) is 52.1 Å². The van der Waals surface area contributed by atoms with Gasteiger partial charge in [0.1, 0.15) is 13.6 Å². The number of morpholine rings is 1. The second-order valence-electron chi connectivity index (χ2n) is 10.8. The molecule has 0 spiro atoms. The van der Waals surface area contributed by atoms with Gasteiger partial charge >= 0.3 is 0 Å². The monoisotopic (exact) mass is 559 g/mol. The summed E-state index contributed by atoms with van der Waals surface area (Å²) < 4.78 is 9.18. The number of carbonyl (C=O) groups excluding carboxylic acids is 2. The van der Waals surface area contributed by atoms with Gasteiger partial charge < -0.3 is 9.64 Å². The highest BCUT2D eigenvalue weighted by molar-refractivity contribution is 6.26. The summed E-state index contributed by atoms with van der Waals surface area (Å²) in [7, 11) is 1.86. The van der Waals surface area contributed by atoms with Crippen LogP contribution in [-0.2, 0) is 24.9 Å². The van der Waals surface area contributed by atoms with Crippen LogP contribution in [0.2, 0.25) is 0 Å². The third-order valence-corrected chi connectivity index (χ3v) is 8.06. The Morgan fingerprint density at radius 3 is 2.37 bits per heavy atom. The van der Waals surface area contributed by atoms with E-state index in [0.717, 1.165) is 67.5 Å². The first-order valence-electron chi connectivity index (χ1n) is 14.8. The van der Waals surface area contributed by atoms with Gasteiger partial charge in [-0.05, 0) is 43.0 Å².